The Morgan fingerprint density at radius 3 is 2.67 bits per heavy atom. The summed E-state index contributed by atoms with van der Waals surface area (Å²) in [7, 11) is 0. The lowest BCUT2D eigenvalue weighted by Crippen LogP contribution is -2.63. The molecule has 1 N–H and O–H groups in total. The van der Waals surface area contributed by atoms with Gasteiger partial charge < -0.3 is 15.0 Å². The Bertz CT molecular complexity index is 584. The number of hydrogen-bond acceptors (Lipinski definition) is 5. The Labute approximate surface area is 145 Å². The van der Waals surface area contributed by atoms with Gasteiger partial charge in [-0.15, -0.1) is 0 Å². The number of nitrogens with zero attached hydrogens (tertiary/aromatic N) is 3. The number of aromatic nitrogens is 1. The van der Waals surface area contributed by atoms with E-state index in [-0.39, 0.29) is 5.41 Å². The van der Waals surface area contributed by atoms with Crippen LogP contribution in [0, 0.1) is 16.7 Å². The van der Waals surface area contributed by atoms with E-state index in [1.54, 1.807) is 6.20 Å². The average molecular weight is 328 g/mol. The molecule has 1 saturated heterocycles. The summed E-state index contributed by atoms with van der Waals surface area (Å²) >= 11 is 0. The molecule has 0 amide bonds. The third kappa shape index (κ3) is 3.40. The van der Waals surface area contributed by atoms with Gasteiger partial charge in [0.2, 0.25) is 0 Å². The predicted octanol–water partition coefficient (Wildman–Crippen LogP) is 2.72. The van der Waals surface area contributed by atoms with Crippen LogP contribution in [0.5, 0.6) is 0 Å². The number of pyridine rings is 1. The maximum absolute atomic E-state index is 8.86. The molecule has 1 aliphatic heterocycles. The van der Waals surface area contributed by atoms with Crippen molar-refractivity contribution in [3.63, 3.8) is 0 Å². The summed E-state index contributed by atoms with van der Waals surface area (Å²) in [6.07, 6.45) is 5.44. The first-order valence-corrected chi connectivity index (χ1v) is 9.03. The van der Waals surface area contributed by atoms with E-state index in [0.717, 1.165) is 44.8 Å². The van der Waals surface area contributed by atoms with Gasteiger partial charge in [-0.2, -0.15) is 5.26 Å². The van der Waals surface area contributed by atoms with Gasteiger partial charge in [0.25, 0.3) is 0 Å². The van der Waals surface area contributed by atoms with E-state index in [1.165, 1.54) is 0 Å². The van der Waals surface area contributed by atoms with Crippen LogP contribution in [0.2, 0.25) is 0 Å². The smallest absolute Gasteiger partial charge is 0.128 e. The first-order valence-electron chi connectivity index (χ1n) is 9.03. The van der Waals surface area contributed by atoms with E-state index in [4.69, 9.17) is 10.00 Å². The molecule has 2 aliphatic rings. The van der Waals surface area contributed by atoms with Crippen molar-refractivity contribution in [3.05, 3.63) is 23.9 Å². The highest BCUT2D eigenvalue weighted by Crippen LogP contribution is 2.43. The molecule has 2 fully saturated rings. The summed E-state index contributed by atoms with van der Waals surface area (Å²) in [5, 5.41) is 12.7. The van der Waals surface area contributed by atoms with Gasteiger partial charge in [-0.05, 0) is 38.3 Å². The highest BCUT2D eigenvalue weighted by atomic mass is 16.5. The molecule has 0 bridgehead atoms. The van der Waals surface area contributed by atoms with Gasteiger partial charge in [0.05, 0.1) is 11.7 Å². The minimum absolute atomic E-state index is 0.224. The molecular weight excluding hydrogens is 300 g/mol. The lowest BCUT2D eigenvalue weighted by Gasteiger charge is -2.53. The number of rotatable bonds is 5. The summed E-state index contributed by atoms with van der Waals surface area (Å²) in [5.41, 5.74) is 0.841. The zero-order valence-electron chi connectivity index (χ0n) is 15.0. The fourth-order valence-corrected chi connectivity index (χ4v) is 3.85. The zero-order valence-corrected chi connectivity index (χ0v) is 15.0. The van der Waals surface area contributed by atoms with Crippen molar-refractivity contribution < 1.29 is 4.74 Å². The van der Waals surface area contributed by atoms with Crippen LogP contribution >= 0.6 is 0 Å². The lowest BCUT2D eigenvalue weighted by atomic mass is 9.64. The molecule has 5 heteroatoms. The predicted molar refractivity (Wildman–Crippen MR) is 94.9 cm³/mol. The number of nitrogens with one attached hydrogen (secondary N) is 1. The van der Waals surface area contributed by atoms with Gasteiger partial charge in [-0.3, -0.25) is 0 Å². The van der Waals surface area contributed by atoms with E-state index < -0.39 is 0 Å². The maximum Gasteiger partial charge on any atom is 0.128 e. The van der Waals surface area contributed by atoms with Gasteiger partial charge in [-0.25, -0.2) is 4.98 Å². The molecule has 0 aromatic carbocycles. The maximum atomic E-state index is 8.86. The second-order valence-electron chi connectivity index (χ2n) is 7.50. The number of ether oxygens (including phenoxy) is 1. The van der Waals surface area contributed by atoms with Crippen LogP contribution in [0.15, 0.2) is 18.3 Å². The topological polar surface area (TPSA) is 61.2 Å². The van der Waals surface area contributed by atoms with E-state index in [1.807, 2.05) is 12.1 Å². The molecular formula is C19H28N4O. The number of hydrogen-bond donors (Lipinski definition) is 1. The van der Waals surface area contributed by atoms with Crippen molar-refractivity contribution >= 4 is 5.82 Å². The summed E-state index contributed by atoms with van der Waals surface area (Å²) in [6.45, 7) is 9.52. The fraction of sp³-hybridized carbons (Fsp3) is 0.684. The van der Waals surface area contributed by atoms with Gasteiger partial charge >= 0.3 is 0 Å². The molecule has 1 aliphatic carbocycles. The molecule has 2 atom stereocenters. The molecule has 5 nitrogen and oxygen atoms in total. The van der Waals surface area contributed by atoms with Crippen LogP contribution in [0.25, 0.3) is 0 Å². The van der Waals surface area contributed by atoms with E-state index in [2.05, 4.69) is 42.0 Å². The standard InChI is InChI=1S/C19H28N4O/c1-4-24-17-11-16(19(17,2)3)22-15-7-9-23(10-8-15)18-6-5-14(12-20)13-21-18/h5-6,13,15-17,22H,4,7-11H2,1-3H3/t16-,17-/m0/s1. The van der Waals surface area contributed by atoms with Crippen molar-refractivity contribution in [2.75, 3.05) is 24.6 Å². The summed E-state index contributed by atoms with van der Waals surface area (Å²) in [4.78, 5) is 6.72. The molecule has 2 heterocycles. The Morgan fingerprint density at radius 1 is 1.38 bits per heavy atom. The quantitative estimate of drug-likeness (QED) is 0.900. The van der Waals surface area contributed by atoms with E-state index in [0.29, 0.717) is 23.8 Å². The Morgan fingerprint density at radius 2 is 2.12 bits per heavy atom. The molecule has 24 heavy (non-hydrogen) atoms. The molecule has 130 valence electrons. The van der Waals surface area contributed by atoms with Gasteiger partial charge in [-0.1, -0.05) is 13.8 Å². The van der Waals surface area contributed by atoms with E-state index in [9.17, 15) is 0 Å². The van der Waals surface area contributed by atoms with E-state index >= 15 is 0 Å². The minimum Gasteiger partial charge on any atom is -0.378 e. The highest BCUT2D eigenvalue weighted by Gasteiger charge is 2.49. The minimum atomic E-state index is 0.224. The van der Waals surface area contributed by atoms with Crippen molar-refractivity contribution in [1.29, 1.82) is 5.26 Å². The molecule has 1 saturated carbocycles. The van der Waals surface area contributed by atoms with Crippen LogP contribution in [-0.2, 0) is 4.74 Å². The van der Waals surface area contributed by atoms with Gasteiger partial charge in [0, 0.05) is 43.4 Å². The summed E-state index contributed by atoms with van der Waals surface area (Å²) in [5.74, 6) is 0.979. The normalized spacial score (nSPS) is 26.7. The number of anilines is 1. The summed E-state index contributed by atoms with van der Waals surface area (Å²) < 4.78 is 5.83. The number of piperidine rings is 1. The Balaban J connectivity index is 1.48. The van der Waals surface area contributed by atoms with Crippen LogP contribution in [0.3, 0.4) is 0 Å². The van der Waals surface area contributed by atoms with Gasteiger partial charge in [0.1, 0.15) is 11.9 Å². The fourth-order valence-electron chi connectivity index (χ4n) is 3.85. The van der Waals surface area contributed by atoms with Gasteiger partial charge in [0.15, 0.2) is 0 Å². The Hall–Kier alpha value is -1.64. The average Bonchev–Trinajstić information content (AvgIpc) is 2.61. The second-order valence-corrected chi connectivity index (χ2v) is 7.50. The Kier molecular flexibility index (Phi) is 5.07. The first kappa shape index (κ1) is 17.2. The SMILES string of the molecule is CCO[C@H]1C[C@H](NC2CCN(c3ccc(C#N)cn3)CC2)C1(C)C. The first-order chi connectivity index (χ1) is 11.5. The zero-order chi connectivity index (χ0) is 17.2. The lowest BCUT2D eigenvalue weighted by molar-refractivity contribution is -0.116. The van der Waals surface area contributed by atoms with Crippen LogP contribution < -0.4 is 10.2 Å². The molecule has 1 aromatic heterocycles. The molecule has 0 unspecified atom stereocenters. The highest BCUT2D eigenvalue weighted by molar-refractivity contribution is 5.42. The van der Waals surface area contributed by atoms with Crippen molar-refractivity contribution in [1.82, 2.24) is 10.3 Å². The third-order valence-corrected chi connectivity index (χ3v) is 5.68. The van der Waals surface area contributed by atoms with Crippen molar-refractivity contribution in [2.45, 2.75) is 58.2 Å². The molecule has 3 rings (SSSR count). The van der Waals surface area contributed by atoms with Crippen LogP contribution in [0.1, 0.15) is 45.6 Å². The molecule has 1 aromatic rings. The van der Waals surface area contributed by atoms with Crippen molar-refractivity contribution in [3.8, 4) is 6.07 Å². The third-order valence-electron chi connectivity index (χ3n) is 5.68. The van der Waals surface area contributed by atoms with Crippen molar-refractivity contribution in [2.24, 2.45) is 5.41 Å². The summed E-state index contributed by atoms with van der Waals surface area (Å²) in [6, 6.07) is 7.04. The van der Waals surface area contributed by atoms with Crippen LogP contribution in [-0.4, -0.2) is 42.9 Å². The van der Waals surface area contributed by atoms with Crippen LogP contribution in [0.4, 0.5) is 5.82 Å². The molecule has 0 spiro atoms. The second kappa shape index (κ2) is 7.08. The monoisotopic (exact) mass is 328 g/mol. The number of nitriles is 1. The largest absolute Gasteiger partial charge is 0.378 e. The molecule has 0 radical (unpaired) electrons.